The van der Waals surface area contributed by atoms with Crippen LogP contribution in [-0.4, -0.2) is 12.6 Å². The van der Waals surface area contributed by atoms with Gasteiger partial charge in [0.1, 0.15) is 18.2 Å². The molecule has 22 heavy (non-hydrogen) atoms. The Balaban J connectivity index is 1.85. The smallest absolute Gasteiger partial charge is 0.319 e. The second kappa shape index (κ2) is 8.02. The van der Waals surface area contributed by atoms with Gasteiger partial charge in [0.05, 0.1) is 0 Å². The number of halogens is 1. The fourth-order valence-electron chi connectivity index (χ4n) is 1.84. The molecule has 0 bridgehead atoms. The van der Waals surface area contributed by atoms with E-state index in [1.807, 2.05) is 6.92 Å². The average Bonchev–Trinajstić information content (AvgIpc) is 2.52. The summed E-state index contributed by atoms with van der Waals surface area (Å²) in [4.78, 5) is 11.5. The minimum atomic E-state index is -0.279. The minimum absolute atomic E-state index is 0.227. The van der Waals surface area contributed by atoms with Crippen LogP contribution in [0.25, 0.3) is 0 Å². The number of amides is 2. The van der Waals surface area contributed by atoms with E-state index in [4.69, 9.17) is 4.74 Å². The molecule has 0 aromatic heterocycles. The molecule has 0 aliphatic carbocycles. The monoisotopic (exact) mass is 302 g/mol. The van der Waals surface area contributed by atoms with Crippen molar-refractivity contribution in [2.24, 2.45) is 0 Å². The Morgan fingerprint density at radius 3 is 2.64 bits per heavy atom. The van der Waals surface area contributed by atoms with E-state index >= 15 is 0 Å². The number of hydrogen-bond acceptors (Lipinski definition) is 2. The fraction of sp³-hybridized carbons (Fsp3) is 0.235. The third-order valence-electron chi connectivity index (χ3n) is 2.94. The molecular formula is C17H19FN2O2. The van der Waals surface area contributed by atoms with Crippen molar-refractivity contribution in [2.75, 3.05) is 11.9 Å². The standard InChI is InChI=1S/C17H19FN2O2/c1-2-10-19-17(21)20-15-6-8-16(9-7-15)22-12-13-4-3-5-14(18)11-13/h3-9,11H,2,10,12H2,1H3,(H2,19,20,21). The first kappa shape index (κ1) is 15.8. The molecule has 0 aliphatic heterocycles. The molecule has 0 aliphatic rings. The summed E-state index contributed by atoms with van der Waals surface area (Å²) in [6.07, 6.45) is 0.889. The number of benzene rings is 2. The maximum absolute atomic E-state index is 13.1. The van der Waals surface area contributed by atoms with Gasteiger partial charge in [0.15, 0.2) is 0 Å². The molecule has 2 amide bonds. The van der Waals surface area contributed by atoms with Crippen molar-refractivity contribution >= 4 is 11.7 Å². The summed E-state index contributed by atoms with van der Waals surface area (Å²) < 4.78 is 18.6. The molecule has 5 heteroatoms. The van der Waals surface area contributed by atoms with Gasteiger partial charge < -0.3 is 15.4 Å². The second-order valence-electron chi connectivity index (χ2n) is 4.82. The average molecular weight is 302 g/mol. The van der Waals surface area contributed by atoms with E-state index in [1.54, 1.807) is 36.4 Å². The van der Waals surface area contributed by atoms with Crippen molar-refractivity contribution < 1.29 is 13.9 Å². The number of rotatable bonds is 6. The van der Waals surface area contributed by atoms with Crippen molar-refractivity contribution in [3.05, 3.63) is 59.9 Å². The largest absolute Gasteiger partial charge is 0.489 e. The number of carbonyl (C=O) groups excluding carboxylic acids is 1. The highest BCUT2D eigenvalue weighted by atomic mass is 19.1. The first-order chi connectivity index (χ1) is 10.7. The molecule has 4 nitrogen and oxygen atoms in total. The van der Waals surface area contributed by atoms with Gasteiger partial charge in [-0.2, -0.15) is 0 Å². The zero-order valence-electron chi connectivity index (χ0n) is 12.4. The predicted octanol–water partition coefficient (Wildman–Crippen LogP) is 3.94. The minimum Gasteiger partial charge on any atom is -0.489 e. The number of urea groups is 1. The van der Waals surface area contributed by atoms with Gasteiger partial charge >= 0.3 is 6.03 Å². The number of ether oxygens (including phenoxy) is 1. The van der Waals surface area contributed by atoms with Crippen LogP contribution in [-0.2, 0) is 6.61 Å². The second-order valence-corrected chi connectivity index (χ2v) is 4.82. The van der Waals surface area contributed by atoms with Crippen LogP contribution in [0.2, 0.25) is 0 Å². The Hall–Kier alpha value is -2.56. The third kappa shape index (κ3) is 5.09. The van der Waals surface area contributed by atoms with E-state index in [9.17, 15) is 9.18 Å². The predicted molar refractivity (Wildman–Crippen MR) is 84.5 cm³/mol. The topological polar surface area (TPSA) is 50.4 Å². The van der Waals surface area contributed by atoms with Gasteiger partial charge in [0.2, 0.25) is 0 Å². The summed E-state index contributed by atoms with van der Waals surface area (Å²) in [6.45, 7) is 2.92. The van der Waals surface area contributed by atoms with E-state index < -0.39 is 0 Å². The Kier molecular flexibility index (Phi) is 5.77. The van der Waals surface area contributed by atoms with Crippen LogP contribution >= 0.6 is 0 Å². The van der Waals surface area contributed by atoms with Gasteiger partial charge in [-0.15, -0.1) is 0 Å². The van der Waals surface area contributed by atoms with Crippen LogP contribution in [0, 0.1) is 5.82 Å². The Bertz CT molecular complexity index is 614. The lowest BCUT2D eigenvalue weighted by atomic mass is 10.2. The molecule has 0 radical (unpaired) electrons. The molecule has 0 fully saturated rings. The highest BCUT2D eigenvalue weighted by Crippen LogP contribution is 2.17. The molecule has 116 valence electrons. The molecule has 2 aromatic carbocycles. The lowest BCUT2D eigenvalue weighted by molar-refractivity contribution is 0.252. The summed E-state index contributed by atoms with van der Waals surface area (Å²) in [5.41, 5.74) is 1.45. The van der Waals surface area contributed by atoms with Gasteiger partial charge in [-0.25, -0.2) is 9.18 Å². The quantitative estimate of drug-likeness (QED) is 0.849. The van der Waals surface area contributed by atoms with E-state index in [-0.39, 0.29) is 11.8 Å². The number of nitrogens with one attached hydrogen (secondary N) is 2. The molecule has 0 unspecified atom stereocenters. The molecule has 0 saturated heterocycles. The molecule has 0 spiro atoms. The van der Waals surface area contributed by atoms with Gasteiger partial charge in [0.25, 0.3) is 0 Å². The van der Waals surface area contributed by atoms with Gasteiger partial charge in [-0.1, -0.05) is 19.1 Å². The van der Waals surface area contributed by atoms with Crippen molar-refractivity contribution in [1.29, 1.82) is 0 Å². The van der Waals surface area contributed by atoms with Gasteiger partial charge in [-0.3, -0.25) is 0 Å². The zero-order valence-corrected chi connectivity index (χ0v) is 12.4. The molecule has 2 aromatic rings. The molecular weight excluding hydrogens is 283 g/mol. The third-order valence-corrected chi connectivity index (χ3v) is 2.94. The maximum atomic E-state index is 13.1. The van der Waals surface area contributed by atoms with Crippen LogP contribution < -0.4 is 15.4 Å². The van der Waals surface area contributed by atoms with Crippen molar-refractivity contribution in [1.82, 2.24) is 5.32 Å². The molecule has 2 rings (SSSR count). The van der Waals surface area contributed by atoms with Crippen LogP contribution in [0.4, 0.5) is 14.9 Å². The van der Waals surface area contributed by atoms with Crippen molar-refractivity contribution in [3.63, 3.8) is 0 Å². The van der Waals surface area contributed by atoms with Crippen molar-refractivity contribution in [2.45, 2.75) is 20.0 Å². The van der Waals surface area contributed by atoms with E-state index in [0.717, 1.165) is 12.0 Å². The van der Waals surface area contributed by atoms with Crippen LogP contribution in [0.1, 0.15) is 18.9 Å². The number of hydrogen-bond donors (Lipinski definition) is 2. The molecule has 0 atom stereocenters. The fourth-order valence-corrected chi connectivity index (χ4v) is 1.84. The Labute approximate surface area is 129 Å². The maximum Gasteiger partial charge on any atom is 0.319 e. The van der Waals surface area contributed by atoms with Crippen molar-refractivity contribution in [3.8, 4) is 5.75 Å². The summed E-state index contributed by atoms with van der Waals surface area (Å²) in [5.74, 6) is 0.377. The van der Waals surface area contributed by atoms with Crippen LogP contribution in [0.5, 0.6) is 5.75 Å². The number of anilines is 1. The first-order valence-corrected chi connectivity index (χ1v) is 7.19. The molecule has 2 N–H and O–H groups in total. The van der Waals surface area contributed by atoms with E-state index in [2.05, 4.69) is 10.6 Å². The summed E-state index contributed by atoms with van der Waals surface area (Å²) in [5, 5.41) is 5.46. The highest BCUT2D eigenvalue weighted by molar-refractivity contribution is 5.89. The Morgan fingerprint density at radius 1 is 1.18 bits per heavy atom. The van der Waals surface area contributed by atoms with Crippen LogP contribution in [0.3, 0.4) is 0 Å². The normalized spacial score (nSPS) is 10.1. The lowest BCUT2D eigenvalue weighted by Crippen LogP contribution is -2.29. The SMILES string of the molecule is CCCNC(=O)Nc1ccc(OCc2cccc(F)c2)cc1. The number of carbonyl (C=O) groups is 1. The lowest BCUT2D eigenvalue weighted by Gasteiger charge is -2.09. The summed E-state index contributed by atoms with van der Waals surface area (Å²) in [6, 6.07) is 13.1. The van der Waals surface area contributed by atoms with Crippen LogP contribution in [0.15, 0.2) is 48.5 Å². The molecule has 0 heterocycles. The van der Waals surface area contributed by atoms with E-state index in [0.29, 0.717) is 24.6 Å². The highest BCUT2D eigenvalue weighted by Gasteiger charge is 2.01. The Morgan fingerprint density at radius 2 is 1.95 bits per heavy atom. The van der Waals surface area contributed by atoms with E-state index in [1.165, 1.54) is 12.1 Å². The zero-order chi connectivity index (χ0) is 15.8. The summed E-state index contributed by atoms with van der Waals surface area (Å²) >= 11 is 0. The summed E-state index contributed by atoms with van der Waals surface area (Å²) in [7, 11) is 0. The van der Waals surface area contributed by atoms with Gasteiger partial charge in [-0.05, 0) is 48.4 Å². The molecule has 0 saturated carbocycles. The van der Waals surface area contributed by atoms with Gasteiger partial charge in [0, 0.05) is 12.2 Å². The first-order valence-electron chi connectivity index (χ1n) is 7.19.